The van der Waals surface area contributed by atoms with E-state index in [1.165, 1.54) is 4.68 Å². The fourth-order valence-corrected chi connectivity index (χ4v) is 1.79. The second-order valence-corrected chi connectivity index (χ2v) is 4.28. The van der Waals surface area contributed by atoms with Crippen molar-refractivity contribution in [1.29, 1.82) is 0 Å². The van der Waals surface area contributed by atoms with Crippen molar-refractivity contribution >= 4 is 11.6 Å². The summed E-state index contributed by atoms with van der Waals surface area (Å²) in [5.74, 6) is 1.01. The van der Waals surface area contributed by atoms with Gasteiger partial charge in [0.05, 0.1) is 0 Å². The van der Waals surface area contributed by atoms with E-state index in [0.29, 0.717) is 24.5 Å². The minimum atomic E-state index is -4.60. The number of aryl methyl sites for hydroxylation is 2. The van der Waals surface area contributed by atoms with Crippen molar-refractivity contribution in [2.75, 3.05) is 0 Å². The van der Waals surface area contributed by atoms with Crippen LogP contribution in [0.15, 0.2) is 6.07 Å². The highest BCUT2D eigenvalue weighted by Crippen LogP contribution is 2.29. The normalized spacial score (nSPS) is 11.9. The molecule has 0 saturated carbocycles. The maximum Gasteiger partial charge on any atom is 0.433 e. The highest BCUT2D eigenvalue weighted by atomic mass is 35.5. The number of nitrogens with zero attached hydrogens (tertiary/aromatic N) is 5. The number of hydrogen-bond donors (Lipinski definition) is 0. The quantitative estimate of drug-likeness (QED) is 0.818. The predicted molar refractivity (Wildman–Crippen MR) is 65.7 cm³/mol. The number of hydrogen-bond acceptors (Lipinski definition) is 4. The zero-order valence-electron chi connectivity index (χ0n) is 10.7. The van der Waals surface area contributed by atoms with Crippen LogP contribution in [0.4, 0.5) is 13.2 Å². The van der Waals surface area contributed by atoms with Gasteiger partial charge in [-0.2, -0.15) is 22.8 Å². The smallest absolute Gasteiger partial charge is 0.216 e. The molecule has 2 aromatic rings. The molecule has 20 heavy (non-hydrogen) atoms. The first-order valence-corrected chi connectivity index (χ1v) is 6.30. The molecule has 0 bridgehead atoms. The lowest BCUT2D eigenvalue weighted by molar-refractivity contribution is -0.141. The Balaban J connectivity index is 2.58. The van der Waals surface area contributed by atoms with Crippen LogP contribution < -0.4 is 0 Å². The largest absolute Gasteiger partial charge is 0.433 e. The lowest BCUT2D eigenvalue weighted by atomic mass is 10.3. The molecule has 0 unspecified atom stereocenters. The van der Waals surface area contributed by atoms with E-state index in [1.807, 2.05) is 13.8 Å². The van der Waals surface area contributed by atoms with Gasteiger partial charge in [0.2, 0.25) is 5.28 Å². The van der Waals surface area contributed by atoms with Gasteiger partial charge in [0.1, 0.15) is 5.82 Å². The number of aromatic nitrogens is 5. The molecular formula is C11H11ClF3N5. The third-order valence-corrected chi connectivity index (χ3v) is 2.71. The molecule has 0 spiro atoms. The van der Waals surface area contributed by atoms with Crippen LogP contribution in [-0.4, -0.2) is 24.7 Å². The van der Waals surface area contributed by atoms with Crippen LogP contribution in [0.1, 0.15) is 31.2 Å². The zero-order valence-corrected chi connectivity index (χ0v) is 11.5. The van der Waals surface area contributed by atoms with Crippen molar-refractivity contribution in [2.24, 2.45) is 0 Å². The summed E-state index contributed by atoms with van der Waals surface area (Å²) in [4.78, 5) is 11.2. The molecule has 0 fully saturated rings. The Hall–Kier alpha value is -1.70. The molecule has 0 aliphatic carbocycles. The van der Waals surface area contributed by atoms with Crippen molar-refractivity contribution in [2.45, 2.75) is 32.9 Å². The van der Waals surface area contributed by atoms with Gasteiger partial charge >= 0.3 is 6.18 Å². The molecule has 0 aliphatic rings. The van der Waals surface area contributed by atoms with Crippen molar-refractivity contribution < 1.29 is 13.2 Å². The van der Waals surface area contributed by atoms with Gasteiger partial charge in [0, 0.05) is 18.9 Å². The van der Waals surface area contributed by atoms with E-state index in [2.05, 4.69) is 20.1 Å². The molecule has 0 aliphatic heterocycles. The van der Waals surface area contributed by atoms with E-state index in [9.17, 15) is 13.2 Å². The summed E-state index contributed by atoms with van der Waals surface area (Å²) in [5, 5.41) is 3.64. The zero-order chi connectivity index (χ0) is 14.9. The fourth-order valence-electron chi connectivity index (χ4n) is 1.61. The second kappa shape index (κ2) is 5.35. The molecular weight excluding hydrogens is 295 g/mol. The van der Waals surface area contributed by atoms with E-state index in [0.717, 1.165) is 6.07 Å². The molecule has 0 radical (unpaired) electrons. The highest BCUT2D eigenvalue weighted by Gasteiger charge is 2.34. The van der Waals surface area contributed by atoms with Crippen LogP contribution in [0.3, 0.4) is 0 Å². The Morgan fingerprint density at radius 3 is 2.40 bits per heavy atom. The lowest BCUT2D eigenvalue weighted by Gasteiger charge is -2.09. The predicted octanol–water partition coefficient (Wildman–Crippen LogP) is 2.85. The Morgan fingerprint density at radius 1 is 1.15 bits per heavy atom. The monoisotopic (exact) mass is 305 g/mol. The summed E-state index contributed by atoms with van der Waals surface area (Å²) in [6.45, 7) is 3.68. The summed E-state index contributed by atoms with van der Waals surface area (Å²) in [6, 6.07) is 0.805. The second-order valence-electron chi connectivity index (χ2n) is 3.94. The molecule has 0 saturated heterocycles. The molecule has 108 valence electrons. The molecule has 9 heteroatoms. The standard InChI is InChI=1S/C11H11ClF3N5/c1-3-7-17-8(4-2)20(19-7)9-5-6(11(13,14)15)16-10(12)18-9/h5H,3-4H2,1-2H3. The van der Waals surface area contributed by atoms with Crippen molar-refractivity contribution in [3.63, 3.8) is 0 Å². The molecule has 5 nitrogen and oxygen atoms in total. The number of alkyl halides is 3. The Bertz CT molecular complexity index is 623. The van der Waals surface area contributed by atoms with Crippen LogP contribution in [0.2, 0.25) is 5.28 Å². The van der Waals surface area contributed by atoms with Gasteiger partial charge in [-0.3, -0.25) is 0 Å². The van der Waals surface area contributed by atoms with E-state index in [4.69, 9.17) is 11.6 Å². The van der Waals surface area contributed by atoms with Gasteiger partial charge < -0.3 is 0 Å². The summed E-state index contributed by atoms with van der Waals surface area (Å²) in [5.41, 5.74) is -1.11. The molecule has 2 rings (SSSR count). The summed E-state index contributed by atoms with van der Waals surface area (Å²) >= 11 is 5.56. The molecule has 0 aromatic carbocycles. The molecule has 0 N–H and O–H groups in total. The summed E-state index contributed by atoms with van der Waals surface area (Å²) in [7, 11) is 0. The van der Waals surface area contributed by atoms with Crippen LogP contribution >= 0.6 is 11.6 Å². The van der Waals surface area contributed by atoms with Crippen LogP contribution in [0, 0.1) is 0 Å². The molecule has 0 atom stereocenters. The van der Waals surface area contributed by atoms with E-state index in [1.54, 1.807) is 0 Å². The van der Waals surface area contributed by atoms with Crippen LogP contribution in [-0.2, 0) is 19.0 Å². The molecule has 2 heterocycles. The van der Waals surface area contributed by atoms with Crippen molar-refractivity contribution in [1.82, 2.24) is 24.7 Å². The van der Waals surface area contributed by atoms with Gasteiger partial charge in [-0.25, -0.2) is 9.97 Å². The average Bonchev–Trinajstić information content (AvgIpc) is 2.80. The van der Waals surface area contributed by atoms with Gasteiger partial charge in [0.15, 0.2) is 17.3 Å². The van der Waals surface area contributed by atoms with Gasteiger partial charge in [-0.1, -0.05) is 13.8 Å². The fraction of sp³-hybridized carbons (Fsp3) is 0.455. The molecule has 2 aromatic heterocycles. The third kappa shape index (κ3) is 2.90. The minimum Gasteiger partial charge on any atom is -0.216 e. The first-order valence-electron chi connectivity index (χ1n) is 5.92. The Labute approximate surface area is 117 Å². The lowest BCUT2D eigenvalue weighted by Crippen LogP contribution is -2.12. The minimum absolute atomic E-state index is 0.0404. The Morgan fingerprint density at radius 2 is 1.85 bits per heavy atom. The summed E-state index contributed by atoms with van der Waals surface area (Å²) in [6.07, 6.45) is -3.51. The SMILES string of the molecule is CCc1nc(CC)n(-c2cc(C(F)(F)F)nc(Cl)n2)n1. The third-order valence-electron chi connectivity index (χ3n) is 2.54. The topological polar surface area (TPSA) is 56.5 Å². The first kappa shape index (κ1) is 14.7. The van der Waals surface area contributed by atoms with Gasteiger partial charge in [-0.15, -0.1) is 5.10 Å². The summed E-state index contributed by atoms with van der Waals surface area (Å²) < 4.78 is 39.4. The number of halogens is 4. The van der Waals surface area contributed by atoms with Crippen molar-refractivity contribution in [3.8, 4) is 5.82 Å². The molecule has 0 amide bonds. The number of rotatable bonds is 3. The first-order chi connectivity index (χ1) is 9.35. The van der Waals surface area contributed by atoms with E-state index in [-0.39, 0.29) is 5.82 Å². The van der Waals surface area contributed by atoms with Gasteiger partial charge in [-0.05, 0) is 11.6 Å². The highest BCUT2D eigenvalue weighted by molar-refractivity contribution is 6.28. The Kier molecular flexibility index (Phi) is 3.94. The van der Waals surface area contributed by atoms with Crippen LogP contribution in [0.5, 0.6) is 0 Å². The van der Waals surface area contributed by atoms with E-state index >= 15 is 0 Å². The van der Waals surface area contributed by atoms with Gasteiger partial charge in [0.25, 0.3) is 0 Å². The van der Waals surface area contributed by atoms with Crippen molar-refractivity contribution in [3.05, 3.63) is 28.7 Å². The maximum atomic E-state index is 12.7. The van der Waals surface area contributed by atoms with Crippen LogP contribution in [0.25, 0.3) is 5.82 Å². The average molecular weight is 306 g/mol. The van der Waals surface area contributed by atoms with E-state index < -0.39 is 17.2 Å². The maximum absolute atomic E-state index is 12.7.